The van der Waals surface area contributed by atoms with Crippen LogP contribution >= 0.6 is 0 Å². The normalized spacial score (nSPS) is 18.4. The summed E-state index contributed by atoms with van der Waals surface area (Å²) < 4.78 is 16.5. The number of nitrogens with one attached hydrogen (secondary N) is 1. The van der Waals surface area contributed by atoms with E-state index in [1.165, 1.54) is 0 Å². The molecular formula is C20H28N2O4. The van der Waals surface area contributed by atoms with Crippen LogP contribution in [-0.2, 0) is 16.0 Å². The molecule has 6 nitrogen and oxygen atoms in total. The van der Waals surface area contributed by atoms with Gasteiger partial charge in [0.15, 0.2) is 0 Å². The molecule has 1 N–H and O–H groups in total. The summed E-state index contributed by atoms with van der Waals surface area (Å²) in [4.78, 5) is 14.7. The average Bonchev–Trinajstić information content (AvgIpc) is 3.01. The minimum atomic E-state index is -0.0203. The summed E-state index contributed by atoms with van der Waals surface area (Å²) in [6.07, 6.45) is 1.99. The quantitative estimate of drug-likeness (QED) is 0.822. The third-order valence-electron chi connectivity index (χ3n) is 4.59. The number of methoxy groups -OCH3 is 1. The highest BCUT2D eigenvalue weighted by atomic mass is 16.5. The Morgan fingerprint density at radius 3 is 3.04 bits per heavy atom. The molecule has 2 aromatic rings. The van der Waals surface area contributed by atoms with Crippen molar-refractivity contribution in [2.45, 2.75) is 26.4 Å². The van der Waals surface area contributed by atoms with Crippen LogP contribution < -0.4 is 10.1 Å². The number of hydrogen-bond acceptors (Lipinski definition) is 5. The van der Waals surface area contributed by atoms with E-state index in [4.69, 9.17) is 13.9 Å². The van der Waals surface area contributed by atoms with E-state index >= 15 is 0 Å². The SMILES string of the molecule is COc1ccc2c(CC(=O)NCC3CN(CC(C)C)CCO3)coc2c1. The number of amides is 1. The van der Waals surface area contributed by atoms with Gasteiger partial charge in [-0.1, -0.05) is 13.8 Å². The van der Waals surface area contributed by atoms with Gasteiger partial charge in [-0.25, -0.2) is 0 Å². The summed E-state index contributed by atoms with van der Waals surface area (Å²) >= 11 is 0. The summed E-state index contributed by atoms with van der Waals surface area (Å²) in [6, 6.07) is 5.63. The second-order valence-corrected chi connectivity index (χ2v) is 7.25. The van der Waals surface area contributed by atoms with Crippen molar-refractivity contribution < 1.29 is 18.7 Å². The lowest BCUT2D eigenvalue weighted by molar-refractivity contribution is -0.121. The zero-order valence-corrected chi connectivity index (χ0v) is 15.8. The number of furan rings is 1. The first-order valence-corrected chi connectivity index (χ1v) is 9.20. The lowest BCUT2D eigenvalue weighted by Gasteiger charge is -2.33. The van der Waals surface area contributed by atoms with Crippen molar-refractivity contribution in [2.24, 2.45) is 5.92 Å². The van der Waals surface area contributed by atoms with E-state index in [-0.39, 0.29) is 12.0 Å². The molecule has 1 aliphatic rings. The average molecular weight is 360 g/mol. The van der Waals surface area contributed by atoms with Crippen molar-refractivity contribution in [1.29, 1.82) is 0 Å². The van der Waals surface area contributed by atoms with Gasteiger partial charge >= 0.3 is 0 Å². The van der Waals surface area contributed by atoms with Crippen molar-refractivity contribution in [1.82, 2.24) is 10.2 Å². The van der Waals surface area contributed by atoms with Crippen LogP contribution in [0.2, 0.25) is 0 Å². The monoisotopic (exact) mass is 360 g/mol. The predicted molar refractivity (Wildman–Crippen MR) is 100 cm³/mol. The molecule has 142 valence electrons. The maximum Gasteiger partial charge on any atom is 0.224 e. The Kier molecular flexibility index (Phi) is 6.16. The van der Waals surface area contributed by atoms with Gasteiger partial charge in [0, 0.05) is 43.2 Å². The van der Waals surface area contributed by atoms with E-state index in [0.717, 1.165) is 48.5 Å². The number of nitrogens with zero attached hydrogens (tertiary/aromatic N) is 1. The summed E-state index contributed by atoms with van der Waals surface area (Å²) in [5.74, 6) is 1.35. The van der Waals surface area contributed by atoms with E-state index in [1.54, 1.807) is 13.4 Å². The minimum Gasteiger partial charge on any atom is -0.497 e. The number of carbonyl (C=O) groups excluding carboxylic acids is 1. The molecular weight excluding hydrogens is 332 g/mol. The lowest BCUT2D eigenvalue weighted by atomic mass is 10.1. The first kappa shape index (κ1) is 18.7. The Morgan fingerprint density at radius 1 is 1.42 bits per heavy atom. The van der Waals surface area contributed by atoms with E-state index in [2.05, 4.69) is 24.1 Å². The van der Waals surface area contributed by atoms with Crippen molar-refractivity contribution >= 4 is 16.9 Å². The molecule has 1 aromatic carbocycles. The predicted octanol–water partition coefficient (Wildman–Crippen LogP) is 2.46. The Morgan fingerprint density at radius 2 is 2.27 bits per heavy atom. The zero-order valence-electron chi connectivity index (χ0n) is 15.8. The van der Waals surface area contributed by atoms with Gasteiger partial charge in [0.2, 0.25) is 5.91 Å². The molecule has 1 aliphatic heterocycles. The molecule has 6 heteroatoms. The molecule has 0 radical (unpaired) electrons. The summed E-state index contributed by atoms with van der Waals surface area (Å²) in [5.41, 5.74) is 1.61. The highest BCUT2D eigenvalue weighted by Crippen LogP contribution is 2.25. The Labute approximate surface area is 154 Å². The topological polar surface area (TPSA) is 63.9 Å². The molecule has 0 saturated carbocycles. The first-order chi connectivity index (χ1) is 12.5. The molecule has 1 unspecified atom stereocenters. The van der Waals surface area contributed by atoms with E-state index < -0.39 is 0 Å². The van der Waals surface area contributed by atoms with Gasteiger partial charge in [-0.2, -0.15) is 0 Å². The van der Waals surface area contributed by atoms with E-state index in [0.29, 0.717) is 18.9 Å². The smallest absolute Gasteiger partial charge is 0.224 e. The standard InChI is InChI=1S/C20H28N2O4/c1-14(2)11-22-6-7-25-17(12-22)10-21-20(23)8-15-13-26-19-9-16(24-3)4-5-18(15)19/h4-5,9,13-14,17H,6-8,10-12H2,1-3H3,(H,21,23). The molecule has 1 aromatic heterocycles. The Balaban J connectivity index is 1.51. The molecule has 26 heavy (non-hydrogen) atoms. The maximum atomic E-state index is 12.3. The number of ether oxygens (including phenoxy) is 2. The first-order valence-electron chi connectivity index (χ1n) is 9.20. The van der Waals surface area contributed by atoms with Gasteiger partial charge in [0.25, 0.3) is 0 Å². The summed E-state index contributed by atoms with van der Waals surface area (Å²) in [6.45, 7) is 8.60. The molecule has 0 spiro atoms. The number of fused-ring (bicyclic) bond motifs is 1. The minimum absolute atomic E-state index is 0.0203. The maximum absolute atomic E-state index is 12.3. The molecule has 0 aliphatic carbocycles. The van der Waals surface area contributed by atoms with E-state index in [9.17, 15) is 4.79 Å². The number of rotatable bonds is 7. The summed E-state index contributed by atoms with van der Waals surface area (Å²) in [7, 11) is 1.62. The van der Waals surface area contributed by atoms with E-state index in [1.807, 2.05) is 18.2 Å². The van der Waals surface area contributed by atoms with Gasteiger partial charge in [-0.3, -0.25) is 9.69 Å². The number of hydrogen-bond donors (Lipinski definition) is 1. The molecule has 0 bridgehead atoms. The van der Waals surface area contributed by atoms with Gasteiger partial charge in [0.1, 0.15) is 11.3 Å². The second-order valence-electron chi connectivity index (χ2n) is 7.25. The van der Waals surface area contributed by atoms with Crippen LogP contribution in [0.5, 0.6) is 5.75 Å². The molecule has 2 heterocycles. The van der Waals surface area contributed by atoms with Gasteiger partial charge in [-0.05, 0) is 18.1 Å². The van der Waals surface area contributed by atoms with Gasteiger partial charge in [0.05, 0.1) is 32.5 Å². The lowest BCUT2D eigenvalue weighted by Crippen LogP contribution is -2.48. The van der Waals surface area contributed by atoms with Crippen molar-refractivity contribution in [2.75, 3.05) is 39.9 Å². The summed E-state index contributed by atoms with van der Waals surface area (Å²) in [5, 5.41) is 3.94. The fourth-order valence-corrected chi connectivity index (χ4v) is 3.38. The molecule has 1 fully saturated rings. The fraction of sp³-hybridized carbons (Fsp3) is 0.550. The third-order valence-corrected chi connectivity index (χ3v) is 4.59. The van der Waals surface area contributed by atoms with Crippen LogP contribution in [0.15, 0.2) is 28.9 Å². The molecule has 3 rings (SSSR count). The van der Waals surface area contributed by atoms with Crippen molar-refractivity contribution in [3.8, 4) is 5.75 Å². The number of carbonyl (C=O) groups is 1. The van der Waals surface area contributed by atoms with Crippen molar-refractivity contribution in [3.63, 3.8) is 0 Å². The third kappa shape index (κ3) is 4.77. The van der Waals surface area contributed by atoms with Crippen LogP contribution in [0.25, 0.3) is 11.0 Å². The van der Waals surface area contributed by atoms with Crippen LogP contribution in [0.4, 0.5) is 0 Å². The van der Waals surface area contributed by atoms with Gasteiger partial charge < -0.3 is 19.2 Å². The Hall–Kier alpha value is -2.05. The van der Waals surface area contributed by atoms with Gasteiger partial charge in [-0.15, -0.1) is 0 Å². The van der Waals surface area contributed by atoms with Crippen LogP contribution in [0.3, 0.4) is 0 Å². The fourth-order valence-electron chi connectivity index (χ4n) is 3.38. The molecule has 1 saturated heterocycles. The van der Waals surface area contributed by atoms with Crippen LogP contribution in [0, 0.1) is 5.92 Å². The highest BCUT2D eigenvalue weighted by Gasteiger charge is 2.21. The number of benzene rings is 1. The van der Waals surface area contributed by atoms with Crippen molar-refractivity contribution in [3.05, 3.63) is 30.0 Å². The molecule has 1 atom stereocenters. The zero-order chi connectivity index (χ0) is 18.5. The number of morpholine rings is 1. The largest absolute Gasteiger partial charge is 0.497 e. The van der Waals surface area contributed by atoms with Crippen LogP contribution in [0.1, 0.15) is 19.4 Å². The highest BCUT2D eigenvalue weighted by molar-refractivity contribution is 5.88. The second kappa shape index (κ2) is 8.56. The van der Waals surface area contributed by atoms with Crippen LogP contribution in [-0.4, -0.2) is 56.8 Å². The molecule has 1 amide bonds. The Bertz CT molecular complexity index is 740.